The van der Waals surface area contributed by atoms with Gasteiger partial charge in [0.25, 0.3) is 5.91 Å². The minimum Gasteiger partial charge on any atom is -0.368 e. The number of amides is 1. The summed E-state index contributed by atoms with van der Waals surface area (Å²) < 4.78 is 13.4. The third kappa shape index (κ3) is 3.92. The molecule has 1 fully saturated rings. The van der Waals surface area contributed by atoms with Gasteiger partial charge in [-0.2, -0.15) is 0 Å². The molecule has 1 amide bonds. The first-order chi connectivity index (χ1) is 15.2. The van der Waals surface area contributed by atoms with Crippen LogP contribution in [0.4, 0.5) is 27.4 Å². The van der Waals surface area contributed by atoms with Crippen molar-refractivity contribution in [1.29, 1.82) is 0 Å². The molecule has 0 spiro atoms. The van der Waals surface area contributed by atoms with Crippen molar-refractivity contribution in [2.75, 3.05) is 46.6 Å². The Morgan fingerprint density at radius 3 is 2.42 bits per heavy atom. The summed E-state index contributed by atoms with van der Waals surface area (Å²) in [5.74, 6) is 0.154. The molecular formula is C23H21FN6O. The molecule has 3 heterocycles. The maximum absolute atomic E-state index is 13.4. The molecule has 2 aliphatic heterocycles. The van der Waals surface area contributed by atoms with Crippen molar-refractivity contribution >= 4 is 34.5 Å². The average molecular weight is 416 g/mol. The second-order valence-corrected chi connectivity index (χ2v) is 7.42. The Balaban J connectivity index is 1.22. The first-order valence-electron chi connectivity index (χ1n) is 10.1. The van der Waals surface area contributed by atoms with E-state index in [1.165, 1.54) is 12.1 Å². The summed E-state index contributed by atoms with van der Waals surface area (Å²) in [5.41, 5.74) is 3.68. The molecule has 1 saturated heterocycles. The topological polar surface area (TPSA) is 73.4 Å². The van der Waals surface area contributed by atoms with Crippen molar-refractivity contribution in [3.63, 3.8) is 0 Å². The largest absolute Gasteiger partial charge is 0.368 e. The maximum Gasteiger partial charge on any atom is 0.257 e. The molecule has 0 aliphatic carbocycles. The van der Waals surface area contributed by atoms with Crippen LogP contribution in [-0.4, -0.2) is 42.1 Å². The van der Waals surface area contributed by atoms with Crippen LogP contribution in [0, 0.1) is 5.82 Å². The second-order valence-electron chi connectivity index (χ2n) is 7.42. The molecule has 8 heteroatoms. The minimum atomic E-state index is -0.374. The molecular weight excluding hydrogens is 395 g/mol. The van der Waals surface area contributed by atoms with Crippen LogP contribution < -0.4 is 20.4 Å². The van der Waals surface area contributed by atoms with Crippen molar-refractivity contribution in [2.45, 2.75) is 0 Å². The monoisotopic (exact) mass is 416 g/mol. The van der Waals surface area contributed by atoms with Gasteiger partial charge in [-0.3, -0.25) is 4.79 Å². The quantitative estimate of drug-likeness (QED) is 0.636. The van der Waals surface area contributed by atoms with E-state index in [1.54, 1.807) is 24.7 Å². The van der Waals surface area contributed by atoms with Crippen molar-refractivity contribution in [2.24, 2.45) is 0 Å². The number of hydrogen-bond acceptors (Lipinski definition) is 6. The van der Waals surface area contributed by atoms with Crippen molar-refractivity contribution < 1.29 is 9.18 Å². The first kappa shape index (κ1) is 19.0. The Morgan fingerprint density at radius 1 is 0.968 bits per heavy atom. The Hall–Kier alpha value is -3.94. The Kier molecular flexibility index (Phi) is 4.95. The van der Waals surface area contributed by atoms with Crippen molar-refractivity contribution in [1.82, 2.24) is 9.97 Å². The molecule has 156 valence electrons. The van der Waals surface area contributed by atoms with Gasteiger partial charge in [0.2, 0.25) is 5.95 Å². The van der Waals surface area contributed by atoms with Crippen LogP contribution >= 0.6 is 0 Å². The number of hydrogen-bond donors (Lipinski definition) is 2. The van der Waals surface area contributed by atoms with Gasteiger partial charge in [0.15, 0.2) is 0 Å². The van der Waals surface area contributed by atoms with Crippen LogP contribution in [0.15, 0.2) is 67.1 Å². The van der Waals surface area contributed by atoms with E-state index in [2.05, 4.69) is 42.5 Å². The average Bonchev–Trinajstić information content (AvgIpc) is 3.12. The fourth-order valence-corrected chi connectivity index (χ4v) is 3.85. The number of benzene rings is 2. The lowest BCUT2D eigenvalue weighted by molar-refractivity contribution is -0.110. The standard InChI is InChI=1S/C23H21FN6O/c24-16-2-7-19-20(22(31)28-21(19)14-16)15-27-17-3-5-18(6-4-17)29-10-12-30(13-11-29)23-25-8-1-9-26-23/h1-9,14-15,27H,10-13H2,(H,28,31)/b20-15+. The molecule has 0 bridgehead atoms. The number of carbonyl (C=O) groups is 1. The van der Waals surface area contributed by atoms with E-state index < -0.39 is 0 Å². The SMILES string of the molecule is O=C1Nc2cc(F)ccc2/C1=C\Nc1ccc(N2CCN(c3ncccn3)CC2)cc1. The number of anilines is 4. The lowest BCUT2D eigenvalue weighted by atomic mass is 10.1. The third-order valence-corrected chi connectivity index (χ3v) is 5.49. The summed E-state index contributed by atoms with van der Waals surface area (Å²) in [7, 11) is 0. The van der Waals surface area contributed by atoms with Crippen LogP contribution in [0.5, 0.6) is 0 Å². The van der Waals surface area contributed by atoms with Gasteiger partial charge >= 0.3 is 0 Å². The second kappa shape index (κ2) is 8.06. The number of rotatable bonds is 4. The van der Waals surface area contributed by atoms with E-state index in [0.29, 0.717) is 16.8 Å². The van der Waals surface area contributed by atoms with Crippen LogP contribution in [0.3, 0.4) is 0 Å². The smallest absolute Gasteiger partial charge is 0.257 e. The molecule has 0 radical (unpaired) electrons. The van der Waals surface area contributed by atoms with Gasteiger partial charge in [0, 0.05) is 61.7 Å². The van der Waals surface area contributed by atoms with Crippen molar-refractivity contribution in [3.8, 4) is 0 Å². The van der Waals surface area contributed by atoms with E-state index >= 15 is 0 Å². The van der Waals surface area contributed by atoms with Gasteiger partial charge in [-0.25, -0.2) is 14.4 Å². The summed E-state index contributed by atoms with van der Waals surface area (Å²) in [4.78, 5) is 25.4. The predicted octanol–water partition coefficient (Wildman–Crippen LogP) is 3.35. The number of nitrogens with one attached hydrogen (secondary N) is 2. The molecule has 2 aromatic carbocycles. The highest BCUT2D eigenvalue weighted by atomic mass is 19.1. The molecule has 2 N–H and O–H groups in total. The Labute approximate surface area is 179 Å². The normalized spacial score (nSPS) is 16.9. The van der Waals surface area contributed by atoms with E-state index in [1.807, 2.05) is 18.2 Å². The molecule has 0 saturated carbocycles. The number of aromatic nitrogens is 2. The highest BCUT2D eigenvalue weighted by Crippen LogP contribution is 2.32. The molecule has 7 nitrogen and oxygen atoms in total. The van der Waals surface area contributed by atoms with Crippen LogP contribution in [0.2, 0.25) is 0 Å². The Bertz CT molecular complexity index is 1120. The number of piperazine rings is 1. The number of carbonyl (C=O) groups excluding carboxylic acids is 1. The molecule has 0 unspecified atom stereocenters. The number of halogens is 1. The first-order valence-corrected chi connectivity index (χ1v) is 10.1. The molecule has 0 atom stereocenters. The molecule has 1 aromatic heterocycles. The summed E-state index contributed by atoms with van der Waals surface area (Å²) in [5, 5.41) is 5.86. The summed E-state index contributed by atoms with van der Waals surface area (Å²) in [6.45, 7) is 3.52. The van der Waals surface area contributed by atoms with Gasteiger partial charge in [-0.05, 0) is 48.5 Å². The minimum absolute atomic E-state index is 0.245. The fraction of sp³-hybridized carbons (Fsp3) is 0.174. The molecule has 5 rings (SSSR count). The van der Waals surface area contributed by atoms with Gasteiger partial charge in [0.1, 0.15) is 5.82 Å². The summed E-state index contributed by atoms with van der Waals surface area (Å²) in [6, 6.07) is 14.2. The fourth-order valence-electron chi connectivity index (χ4n) is 3.85. The van der Waals surface area contributed by atoms with E-state index in [9.17, 15) is 9.18 Å². The number of nitrogens with zero attached hydrogens (tertiary/aromatic N) is 4. The molecule has 31 heavy (non-hydrogen) atoms. The summed E-state index contributed by atoms with van der Waals surface area (Å²) in [6.07, 6.45) is 5.19. The zero-order valence-electron chi connectivity index (χ0n) is 16.8. The zero-order valence-corrected chi connectivity index (χ0v) is 16.8. The third-order valence-electron chi connectivity index (χ3n) is 5.49. The van der Waals surface area contributed by atoms with E-state index in [0.717, 1.165) is 43.5 Å². The summed E-state index contributed by atoms with van der Waals surface area (Å²) >= 11 is 0. The Morgan fingerprint density at radius 2 is 1.68 bits per heavy atom. The van der Waals surface area contributed by atoms with Gasteiger partial charge in [0.05, 0.1) is 11.3 Å². The molecule has 3 aromatic rings. The maximum atomic E-state index is 13.4. The lowest BCUT2D eigenvalue weighted by Gasteiger charge is -2.36. The lowest BCUT2D eigenvalue weighted by Crippen LogP contribution is -2.47. The van der Waals surface area contributed by atoms with Gasteiger partial charge in [-0.15, -0.1) is 0 Å². The molecule has 2 aliphatic rings. The highest BCUT2D eigenvalue weighted by Gasteiger charge is 2.24. The van der Waals surface area contributed by atoms with E-state index in [-0.39, 0.29) is 11.7 Å². The van der Waals surface area contributed by atoms with E-state index in [4.69, 9.17) is 0 Å². The van der Waals surface area contributed by atoms with Crippen molar-refractivity contribution in [3.05, 3.63) is 78.5 Å². The van der Waals surface area contributed by atoms with Crippen LogP contribution in [0.25, 0.3) is 5.57 Å². The zero-order chi connectivity index (χ0) is 21.2. The predicted molar refractivity (Wildman–Crippen MR) is 120 cm³/mol. The van der Waals surface area contributed by atoms with Gasteiger partial charge < -0.3 is 20.4 Å². The van der Waals surface area contributed by atoms with Gasteiger partial charge in [-0.1, -0.05) is 0 Å². The number of fused-ring (bicyclic) bond motifs is 1. The van der Waals surface area contributed by atoms with Crippen LogP contribution in [-0.2, 0) is 4.79 Å². The highest BCUT2D eigenvalue weighted by molar-refractivity contribution is 6.31. The van der Waals surface area contributed by atoms with Crippen LogP contribution in [0.1, 0.15) is 5.56 Å².